The third kappa shape index (κ3) is 5.39. The smallest absolute Gasteiger partial charge is 0.257 e. The maximum Gasteiger partial charge on any atom is 0.257 e. The zero-order valence-corrected chi connectivity index (χ0v) is 13.9. The van der Waals surface area contributed by atoms with Gasteiger partial charge in [-0.05, 0) is 32.3 Å². The largest absolute Gasteiger partial charge is 0.472 e. The van der Waals surface area contributed by atoms with Gasteiger partial charge in [-0.1, -0.05) is 6.92 Å². The van der Waals surface area contributed by atoms with E-state index in [0.29, 0.717) is 25.1 Å². The minimum absolute atomic E-state index is 0.0308. The van der Waals surface area contributed by atoms with Gasteiger partial charge in [-0.3, -0.25) is 9.59 Å². The summed E-state index contributed by atoms with van der Waals surface area (Å²) in [6, 6.07) is 1.79. The number of ether oxygens (including phenoxy) is 1. The summed E-state index contributed by atoms with van der Waals surface area (Å²) in [7, 11) is 0. The average molecular weight is 322 g/mol. The van der Waals surface area contributed by atoms with Crippen molar-refractivity contribution in [2.24, 2.45) is 0 Å². The van der Waals surface area contributed by atoms with E-state index in [-0.39, 0.29) is 24.0 Å². The molecule has 1 saturated heterocycles. The average Bonchev–Trinajstić information content (AvgIpc) is 3.23. The van der Waals surface area contributed by atoms with Crippen LogP contribution in [-0.4, -0.2) is 48.6 Å². The Bertz CT molecular complexity index is 495. The first-order valence-electron chi connectivity index (χ1n) is 8.32. The molecule has 1 aromatic heterocycles. The molecule has 0 bridgehead atoms. The molecule has 6 heteroatoms. The molecule has 1 aliphatic heterocycles. The van der Waals surface area contributed by atoms with Gasteiger partial charge >= 0.3 is 0 Å². The number of rotatable bonds is 8. The van der Waals surface area contributed by atoms with Crippen LogP contribution in [0.3, 0.4) is 0 Å². The minimum Gasteiger partial charge on any atom is -0.472 e. The van der Waals surface area contributed by atoms with Gasteiger partial charge in [-0.15, -0.1) is 0 Å². The van der Waals surface area contributed by atoms with Gasteiger partial charge in [0.05, 0.1) is 17.9 Å². The monoisotopic (exact) mass is 322 g/mol. The zero-order valence-electron chi connectivity index (χ0n) is 13.9. The highest BCUT2D eigenvalue weighted by atomic mass is 16.5. The normalized spacial score (nSPS) is 18.6. The van der Waals surface area contributed by atoms with E-state index in [1.165, 1.54) is 12.5 Å². The zero-order chi connectivity index (χ0) is 16.7. The molecule has 2 atom stereocenters. The Hall–Kier alpha value is -1.82. The molecule has 0 unspecified atom stereocenters. The highest BCUT2D eigenvalue weighted by molar-refractivity contribution is 5.94. The van der Waals surface area contributed by atoms with Crippen molar-refractivity contribution in [2.45, 2.75) is 51.7 Å². The van der Waals surface area contributed by atoms with E-state index in [9.17, 15) is 9.59 Å². The molecule has 2 heterocycles. The fourth-order valence-corrected chi connectivity index (χ4v) is 2.56. The van der Waals surface area contributed by atoms with Gasteiger partial charge in [0.1, 0.15) is 6.26 Å². The SMILES string of the molecule is CC[C@@H](C)NC(=O)CCN(C[C@@H]1CCCO1)C(=O)c1ccoc1. The Morgan fingerprint density at radius 3 is 2.91 bits per heavy atom. The van der Waals surface area contributed by atoms with Crippen LogP contribution in [0.4, 0.5) is 0 Å². The van der Waals surface area contributed by atoms with E-state index >= 15 is 0 Å². The highest BCUT2D eigenvalue weighted by Crippen LogP contribution is 2.15. The van der Waals surface area contributed by atoms with E-state index in [4.69, 9.17) is 9.15 Å². The number of nitrogens with zero attached hydrogens (tertiary/aromatic N) is 1. The third-order valence-electron chi connectivity index (χ3n) is 4.13. The van der Waals surface area contributed by atoms with Crippen LogP contribution in [0.5, 0.6) is 0 Å². The molecule has 1 fully saturated rings. The molecule has 0 spiro atoms. The van der Waals surface area contributed by atoms with Gasteiger partial charge in [-0.25, -0.2) is 0 Å². The standard InChI is InChI=1S/C17H26N2O4/c1-3-13(2)18-16(20)6-8-19(11-15-5-4-9-23-15)17(21)14-7-10-22-12-14/h7,10,12-13,15H,3-6,8-9,11H2,1-2H3,(H,18,20)/t13-,15+/m1/s1. The van der Waals surface area contributed by atoms with Crippen molar-refractivity contribution < 1.29 is 18.7 Å². The molecule has 128 valence electrons. The molecule has 0 radical (unpaired) electrons. The summed E-state index contributed by atoms with van der Waals surface area (Å²) >= 11 is 0. The number of hydrogen-bond donors (Lipinski definition) is 1. The maximum atomic E-state index is 12.6. The predicted octanol–water partition coefficient (Wildman–Crippen LogP) is 2.21. The van der Waals surface area contributed by atoms with Gasteiger partial charge in [0, 0.05) is 32.2 Å². The van der Waals surface area contributed by atoms with Crippen molar-refractivity contribution >= 4 is 11.8 Å². The Morgan fingerprint density at radius 1 is 1.48 bits per heavy atom. The van der Waals surface area contributed by atoms with Crippen LogP contribution >= 0.6 is 0 Å². The number of amides is 2. The van der Waals surface area contributed by atoms with Crippen LogP contribution in [0.1, 0.15) is 49.9 Å². The molecule has 1 N–H and O–H groups in total. The Kier molecular flexibility index (Phi) is 6.65. The van der Waals surface area contributed by atoms with Crippen molar-refractivity contribution in [1.82, 2.24) is 10.2 Å². The molecule has 1 aromatic rings. The predicted molar refractivity (Wildman–Crippen MR) is 86.1 cm³/mol. The molecule has 1 aliphatic rings. The summed E-state index contributed by atoms with van der Waals surface area (Å²) in [6.07, 6.45) is 6.13. The van der Waals surface area contributed by atoms with E-state index in [2.05, 4.69) is 5.32 Å². The lowest BCUT2D eigenvalue weighted by Gasteiger charge is -2.25. The number of carbonyl (C=O) groups is 2. The maximum absolute atomic E-state index is 12.6. The first-order chi connectivity index (χ1) is 11.1. The van der Waals surface area contributed by atoms with Crippen molar-refractivity contribution in [1.29, 1.82) is 0 Å². The number of hydrogen-bond acceptors (Lipinski definition) is 4. The summed E-state index contributed by atoms with van der Waals surface area (Å²) < 4.78 is 10.6. The topological polar surface area (TPSA) is 71.8 Å². The molecule has 0 aromatic carbocycles. The van der Waals surface area contributed by atoms with Crippen LogP contribution in [-0.2, 0) is 9.53 Å². The lowest BCUT2D eigenvalue weighted by atomic mass is 10.2. The van der Waals surface area contributed by atoms with Crippen LogP contribution < -0.4 is 5.32 Å². The fourth-order valence-electron chi connectivity index (χ4n) is 2.56. The molecule has 0 saturated carbocycles. The van der Waals surface area contributed by atoms with Crippen LogP contribution in [0.2, 0.25) is 0 Å². The molecular formula is C17H26N2O4. The Labute approximate surface area is 137 Å². The van der Waals surface area contributed by atoms with Gasteiger partial charge in [0.2, 0.25) is 5.91 Å². The first kappa shape index (κ1) is 17.5. The number of carbonyl (C=O) groups excluding carboxylic acids is 2. The van der Waals surface area contributed by atoms with Crippen molar-refractivity contribution in [2.75, 3.05) is 19.7 Å². The summed E-state index contributed by atoms with van der Waals surface area (Å²) in [5, 5.41) is 2.93. The van der Waals surface area contributed by atoms with E-state index in [1.54, 1.807) is 11.0 Å². The second-order valence-corrected chi connectivity index (χ2v) is 6.03. The second-order valence-electron chi connectivity index (χ2n) is 6.03. The summed E-state index contributed by atoms with van der Waals surface area (Å²) in [5.41, 5.74) is 0.505. The Balaban J connectivity index is 1.92. The van der Waals surface area contributed by atoms with Gasteiger partial charge in [0.25, 0.3) is 5.91 Å². The van der Waals surface area contributed by atoms with E-state index < -0.39 is 0 Å². The third-order valence-corrected chi connectivity index (χ3v) is 4.13. The molecular weight excluding hydrogens is 296 g/mol. The highest BCUT2D eigenvalue weighted by Gasteiger charge is 2.24. The lowest BCUT2D eigenvalue weighted by Crippen LogP contribution is -2.40. The summed E-state index contributed by atoms with van der Waals surface area (Å²) in [6.45, 7) is 5.63. The van der Waals surface area contributed by atoms with Crippen LogP contribution in [0.25, 0.3) is 0 Å². The van der Waals surface area contributed by atoms with E-state index in [1.807, 2.05) is 13.8 Å². The van der Waals surface area contributed by atoms with Gasteiger partial charge in [0.15, 0.2) is 0 Å². The quantitative estimate of drug-likeness (QED) is 0.796. The summed E-state index contributed by atoms with van der Waals surface area (Å²) in [4.78, 5) is 26.2. The van der Waals surface area contributed by atoms with Gasteiger partial charge < -0.3 is 19.4 Å². The lowest BCUT2D eigenvalue weighted by molar-refractivity contribution is -0.121. The van der Waals surface area contributed by atoms with Crippen LogP contribution in [0.15, 0.2) is 23.0 Å². The molecule has 2 amide bonds. The van der Waals surface area contributed by atoms with Crippen LogP contribution in [0, 0.1) is 0 Å². The molecule has 2 rings (SSSR count). The summed E-state index contributed by atoms with van der Waals surface area (Å²) in [5.74, 6) is -0.151. The van der Waals surface area contributed by atoms with Crippen molar-refractivity contribution in [3.05, 3.63) is 24.2 Å². The molecule has 23 heavy (non-hydrogen) atoms. The molecule has 6 nitrogen and oxygen atoms in total. The number of nitrogens with one attached hydrogen (secondary N) is 1. The first-order valence-corrected chi connectivity index (χ1v) is 8.32. The minimum atomic E-state index is -0.120. The molecule has 0 aliphatic carbocycles. The van der Waals surface area contributed by atoms with Gasteiger partial charge in [-0.2, -0.15) is 0 Å². The van der Waals surface area contributed by atoms with E-state index in [0.717, 1.165) is 25.9 Å². The second kappa shape index (κ2) is 8.72. The number of furan rings is 1. The fraction of sp³-hybridized carbons (Fsp3) is 0.647. The van der Waals surface area contributed by atoms with Crippen molar-refractivity contribution in [3.8, 4) is 0 Å². The Morgan fingerprint density at radius 2 is 2.30 bits per heavy atom. The van der Waals surface area contributed by atoms with Crippen molar-refractivity contribution in [3.63, 3.8) is 0 Å².